The summed E-state index contributed by atoms with van der Waals surface area (Å²) in [5.74, 6) is -0.989. The number of halogens is 1. The quantitative estimate of drug-likeness (QED) is 0.452. The number of hydrogen-bond donors (Lipinski definition) is 0. The summed E-state index contributed by atoms with van der Waals surface area (Å²) < 4.78 is 34.4. The number of rotatable bonds is 3. The minimum Gasteiger partial charge on any atom is -0.290 e. The van der Waals surface area contributed by atoms with Crippen molar-refractivity contribution in [2.45, 2.75) is 11.7 Å². The number of pyridine rings is 1. The maximum atomic E-state index is 12.9. The third-order valence-corrected chi connectivity index (χ3v) is 3.82. The lowest BCUT2D eigenvalue weighted by molar-refractivity contribution is -0.384. The molecule has 1 aliphatic rings. The molecule has 19 heavy (non-hydrogen) atoms. The molecule has 102 valence electrons. The topological polar surface area (TPSA) is 110 Å². The van der Waals surface area contributed by atoms with Crippen LogP contribution >= 0.6 is 0 Å². The van der Waals surface area contributed by atoms with Crippen LogP contribution in [0, 0.1) is 10.1 Å². The smallest absolute Gasteiger partial charge is 0.290 e. The van der Waals surface area contributed by atoms with Crippen molar-refractivity contribution in [1.29, 1.82) is 0 Å². The molecular weight excluding hydrogens is 281 g/mol. The molecule has 0 bridgehead atoms. The largest absolute Gasteiger partial charge is 0.312 e. The first-order chi connectivity index (χ1) is 8.80. The van der Waals surface area contributed by atoms with E-state index in [4.69, 9.17) is 0 Å². The van der Waals surface area contributed by atoms with Gasteiger partial charge in [-0.1, -0.05) is 0 Å². The Hall–Kier alpha value is -2.10. The second-order valence-corrected chi connectivity index (χ2v) is 5.53. The van der Waals surface area contributed by atoms with Crippen molar-refractivity contribution >= 4 is 27.6 Å². The first-order valence-electron chi connectivity index (χ1n) is 5.14. The zero-order valence-electron chi connectivity index (χ0n) is 9.39. The third kappa shape index (κ3) is 2.52. The molecule has 1 amide bonds. The van der Waals surface area contributed by atoms with Gasteiger partial charge in [0.1, 0.15) is 5.25 Å². The number of carbonyl (C=O) groups excluding carboxylic acids is 1. The molecule has 0 N–H and O–H groups in total. The highest BCUT2D eigenvalue weighted by atomic mass is 32.3. The molecule has 1 saturated heterocycles. The van der Waals surface area contributed by atoms with Gasteiger partial charge in [0.15, 0.2) is 0 Å². The fraction of sp³-hybridized carbons (Fsp3) is 0.333. The van der Waals surface area contributed by atoms with Gasteiger partial charge < -0.3 is 0 Å². The van der Waals surface area contributed by atoms with Crippen LogP contribution in [0.15, 0.2) is 18.3 Å². The molecule has 1 unspecified atom stereocenters. The molecule has 10 heteroatoms. The molecule has 1 aromatic heterocycles. The van der Waals surface area contributed by atoms with Crippen LogP contribution < -0.4 is 4.90 Å². The fourth-order valence-corrected chi connectivity index (χ4v) is 2.48. The Morgan fingerprint density at radius 2 is 2.21 bits per heavy atom. The summed E-state index contributed by atoms with van der Waals surface area (Å²) in [4.78, 5) is 26.2. The second-order valence-electron chi connectivity index (χ2n) is 3.91. The first-order valence-corrected chi connectivity index (χ1v) is 6.58. The van der Waals surface area contributed by atoms with Crippen molar-refractivity contribution in [1.82, 2.24) is 4.98 Å². The molecule has 0 aromatic carbocycles. The van der Waals surface area contributed by atoms with Crippen molar-refractivity contribution in [3.05, 3.63) is 28.4 Å². The molecule has 2 heterocycles. The summed E-state index contributed by atoms with van der Waals surface area (Å²) in [5, 5.41) is 9.29. The molecule has 8 nitrogen and oxygen atoms in total. The molecule has 1 atom stereocenters. The van der Waals surface area contributed by atoms with Crippen LogP contribution in [-0.2, 0) is 15.0 Å². The molecule has 0 spiro atoms. The summed E-state index contributed by atoms with van der Waals surface area (Å²) in [6, 6.07) is 2.44. The van der Waals surface area contributed by atoms with E-state index >= 15 is 0 Å². The SMILES string of the molecule is O=C1CC(S(=O)(=O)F)CN1c1ncccc1[N+](=O)[O-]. The molecule has 0 saturated carbocycles. The zero-order valence-corrected chi connectivity index (χ0v) is 10.2. The van der Waals surface area contributed by atoms with Crippen LogP contribution in [-0.4, -0.2) is 36.0 Å². The Morgan fingerprint density at radius 3 is 2.74 bits per heavy atom. The lowest BCUT2D eigenvalue weighted by atomic mass is 10.3. The molecule has 0 aliphatic carbocycles. The average molecular weight is 289 g/mol. The molecule has 1 fully saturated rings. The lowest BCUT2D eigenvalue weighted by Gasteiger charge is -2.14. The Kier molecular flexibility index (Phi) is 3.18. The van der Waals surface area contributed by atoms with Crippen LogP contribution in [0.2, 0.25) is 0 Å². The standard InChI is InChI=1S/C9H8FN3O5S/c10-19(17,18)6-4-8(14)12(5-6)9-7(13(15)16)2-1-3-11-9/h1-3,6H,4-5H2. The summed E-state index contributed by atoms with van der Waals surface area (Å²) in [7, 11) is -4.87. The Labute approximate surface area is 107 Å². The number of aromatic nitrogens is 1. The highest BCUT2D eigenvalue weighted by Gasteiger charge is 2.41. The number of amides is 1. The van der Waals surface area contributed by atoms with Gasteiger partial charge in [0, 0.05) is 25.2 Å². The second kappa shape index (κ2) is 4.53. The van der Waals surface area contributed by atoms with Gasteiger partial charge >= 0.3 is 15.9 Å². The van der Waals surface area contributed by atoms with E-state index in [-0.39, 0.29) is 5.82 Å². The van der Waals surface area contributed by atoms with Gasteiger partial charge in [0.05, 0.1) is 4.92 Å². The van der Waals surface area contributed by atoms with Crippen molar-refractivity contribution in [2.24, 2.45) is 0 Å². The third-order valence-electron chi connectivity index (χ3n) is 2.71. The van der Waals surface area contributed by atoms with Gasteiger partial charge in [-0.15, -0.1) is 3.89 Å². The van der Waals surface area contributed by atoms with E-state index in [0.717, 1.165) is 11.0 Å². The summed E-state index contributed by atoms with van der Waals surface area (Å²) in [5.41, 5.74) is -0.437. The van der Waals surface area contributed by atoms with Crippen LogP contribution in [0.25, 0.3) is 0 Å². The Bertz CT molecular complexity index is 647. The molecular formula is C9H8FN3O5S. The van der Waals surface area contributed by atoms with Crippen molar-refractivity contribution in [3.8, 4) is 0 Å². The lowest BCUT2D eigenvalue weighted by Crippen LogP contribution is -2.28. The van der Waals surface area contributed by atoms with Gasteiger partial charge in [-0.3, -0.25) is 19.8 Å². The average Bonchev–Trinajstić information content (AvgIpc) is 2.71. The van der Waals surface area contributed by atoms with Crippen LogP contribution in [0.4, 0.5) is 15.4 Å². The first kappa shape index (κ1) is 13.3. The van der Waals surface area contributed by atoms with E-state index in [1.165, 1.54) is 12.3 Å². The zero-order chi connectivity index (χ0) is 14.2. The van der Waals surface area contributed by atoms with Crippen molar-refractivity contribution in [3.63, 3.8) is 0 Å². The monoisotopic (exact) mass is 289 g/mol. The fourth-order valence-electron chi connectivity index (χ4n) is 1.81. The van der Waals surface area contributed by atoms with Gasteiger partial charge in [-0.25, -0.2) is 4.98 Å². The van der Waals surface area contributed by atoms with Crippen molar-refractivity contribution in [2.75, 3.05) is 11.4 Å². The molecule has 2 rings (SSSR count). The molecule has 1 aliphatic heterocycles. The highest BCUT2D eigenvalue weighted by molar-refractivity contribution is 7.87. The van der Waals surface area contributed by atoms with E-state index in [1.807, 2.05) is 0 Å². The number of anilines is 1. The van der Waals surface area contributed by atoms with Gasteiger partial charge in [0.2, 0.25) is 11.7 Å². The summed E-state index contributed by atoms with van der Waals surface area (Å²) >= 11 is 0. The number of nitro groups is 1. The van der Waals surface area contributed by atoms with E-state index in [2.05, 4.69) is 4.98 Å². The van der Waals surface area contributed by atoms with E-state index < -0.39 is 45.0 Å². The van der Waals surface area contributed by atoms with E-state index in [9.17, 15) is 27.2 Å². The summed E-state index contributed by atoms with van der Waals surface area (Å²) in [6.07, 6.45) is 0.680. The van der Waals surface area contributed by atoms with Gasteiger partial charge in [-0.2, -0.15) is 8.42 Å². The van der Waals surface area contributed by atoms with Crippen LogP contribution in [0.5, 0.6) is 0 Å². The minimum absolute atomic E-state index is 0.274. The van der Waals surface area contributed by atoms with Gasteiger partial charge in [0.25, 0.3) is 0 Å². The normalized spacial score (nSPS) is 19.7. The van der Waals surface area contributed by atoms with Crippen LogP contribution in [0.3, 0.4) is 0 Å². The molecule has 0 radical (unpaired) electrons. The minimum atomic E-state index is -4.87. The molecule has 1 aromatic rings. The maximum absolute atomic E-state index is 12.9. The predicted molar refractivity (Wildman–Crippen MR) is 61.7 cm³/mol. The predicted octanol–water partition coefficient (Wildman–Crippen LogP) is 0.394. The van der Waals surface area contributed by atoms with E-state index in [0.29, 0.717) is 0 Å². The van der Waals surface area contributed by atoms with Crippen LogP contribution in [0.1, 0.15) is 6.42 Å². The number of nitrogens with zero attached hydrogens (tertiary/aromatic N) is 3. The summed E-state index contributed by atoms with van der Waals surface area (Å²) in [6.45, 7) is -0.477. The van der Waals surface area contributed by atoms with Gasteiger partial charge in [-0.05, 0) is 6.07 Å². The van der Waals surface area contributed by atoms with Crippen molar-refractivity contribution < 1.29 is 22.0 Å². The number of carbonyl (C=O) groups is 1. The highest BCUT2D eigenvalue weighted by Crippen LogP contribution is 2.30. The van der Waals surface area contributed by atoms with E-state index in [1.54, 1.807) is 0 Å². The Morgan fingerprint density at radius 1 is 1.53 bits per heavy atom. The number of hydrogen-bond acceptors (Lipinski definition) is 6. The maximum Gasteiger partial charge on any atom is 0.312 e. The Balaban J connectivity index is 2.39.